The second-order valence-electron chi connectivity index (χ2n) is 26.4. The van der Waals surface area contributed by atoms with E-state index < -0.39 is 49.5 Å². The van der Waals surface area contributed by atoms with Crippen molar-refractivity contribution in [2.45, 2.75) is 391 Å². The molecule has 1 aliphatic heterocycles. The van der Waals surface area contributed by atoms with Gasteiger partial charge in [0.25, 0.3) is 0 Å². The molecule has 6 N–H and O–H groups in total. The number of rotatable bonds is 67. The van der Waals surface area contributed by atoms with Gasteiger partial charge in [0.2, 0.25) is 5.91 Å². The smallest absolute Gasteiger partial charge is 0.220 e. The van der Waals surface area contributed by atoms with Crippen LogP contribution in [0.4, 0.5) is 0 Å². The second-order valence-corrected chi connectivity index (χ2v) is 26.4. The minimum absolute atomic E-state index is 0.175. The number of aliphatic hydroxyl groups excluding tert-OH is 5. The van der Waals surface area contributed by atoms with Gasteiger partial charge in [-0.2, -0.15) is 0 Å². The summed E-state index contributed by atoms with van der Waals surface area (Å²) in [6, 6.07) is -0.811. The quantitative estimate of drug-likeness (QED) is 0.0261. The summed E-state index contributed by atoms with van der Waals surface area (Å²) in [6.07, 6.45) is 96.4. The lowest BCUT2D eigenvalue weighted by Crippen LogP contribution is -2.60. The van der Waals surface area contributed by atoms with E-state index in [0.29, 0.717) is 6.42 Å². The van der Waals surface area contributed by atoms with Crippen molar-refractivity contribution >= 4 is 5.91 Å². The Balaban J connectivity index is 2.09. The Kier molecular flexibility index (Phi) is 65.7. The number of aliphatic hydroxyl groups is 5. The summed E-state index contributed by atoms with van der Waals surface area (Å²) in [5, 5.41) is 54.9. The molecule has 9 nitrogen and oxygen atoms in total. The minimum atomic E-state index is -1.57. The Bertz CT molecular complexity index is 1810. The lowest BCUT2D eigenvalue weighted by molar-refractivity contribution is -0.302. The van der Waals surface area contributed by atoms with E-state index in [9.17, 15) is 30.3 Å². The van der Waals surface area contributed by atoms with Crippen LogP contribution < -0.4 is 5.32 Å². The van der Waals surface area contributed by atoms with Crippen molar-refractivity contribution in [1.82, 2.24) is 5.32 Å². The average Bonchev–Trinajstić information content (AvgIpc) is 1.58. The number of amides is 1. The van der Waals surface area contributed by atoms with Gasteiger partial charge in [-0.1, -0.05) is 367 Å². The lowest BCUT2D eigenvalue weighted by atomic mass is 9.99. The molecule has 1 heterocycles. The zero-order valence-electron chi connectivity index (χ0n) is 59.1. The molecule has 1 rings (SSSR count). The average molecular weight is 1270 g/mol. The van der Waals surface area contributed by atoms with Crippen molar-refractivity contribution in [2.75, 3.05) is 13.2 Å². The zero-order chi connectivity index (χ0) is 65.7. The van der Waals surface area contributed by atoms with Gasteiger partial charge in [0.15, 0.2) is 6.29 Å². The van der Waals surface area contributed by atoms with Crippen molar-refractivity contribution in [3.8, 4) is 0 Å². The zero-order valence-corrected chi connectivity index (χ0v) is 59.1. The normalized spacial score (nSPS) is 18.3. The fourth-order valence-electron chi connectivity index (χ4n) is 11.9. The number of nitrogens with one attached hydrogen (secondary N) is 1. The molecule has 526 valence electrons. The molecule has 1 aliphatic rings. The number of unbranched alkanes of at least 4 members (excludes halogenated alkanes) is 41. The Morgan fingerprint density at radius 3 is 1.01 bits per heavy atom. The molecule has 91 heavy (non-hydrogen) atoms. The maximum absolute atomic E-state index is 13.2. The topological polar surface area (TPSA) is 149 Å². The van der Waals surface area contributed by atoms with Crippen LogP contribution in [0.5, 0.6) is 0 Å². The summed E-state index contributed by atoms with van der Waals surface area (Å²) < 4.78 is 11.3. The third kappa shape index (κ3) is 58.0. The van der Waals surface area contributed by atoms with Gasteiger partial charge in [-0.3, -0.25) is 4.79 Å². The van der Waals surface area contributed by atoms with Crippen LogP contribution in [-0.4, -0.2) is 87.5 Å². The number of hydrogen-bond acceptors (Lipinski definition) is 8. The fraction of sp³-hybridized carbons (Fsp3) is 0.768. The number of allylic oxidation sites excluding steroid dienone is 17. The number of hydrogen-bond donors (Lipinski definition) is 6. The largest absolute Gasteiger partial charge is 0.394 e. The molecule has 0 radical (unpaired) electrons. The summed E-state index contributed by atoms with van der Waals surface area (Å²) in [5.74, 6) is -0.175. The summed E-state index contributed by atoms with van der Waals surface area (Å²) in [7, 11) is 0. The molecule has 1 fully saturated rings. The highest BCUT2D eigenvalue weighted by Gasteiger charge is 2.44. The maximum atomic E-state index is 13.2. The monoisotopic (exact) mass is 1270 g/mol. The van der Waals surface area contributed by atoms with E-state index >= 15 is 0 Å². The van der Waals surface area contributed by atoms with E-state index in [2.05, 4.69) is 116 Å². The van der Waals surface area contributed by atoms with Crippen molar-refractivity contribution in [3.63, 3.8) is 0 Å². The Hall–Kier alpha value is -3.15. The Labute approximate surface area is 561 Å². The van der Waals surface area contributed by atoms with Gasteiger partial charge >= 0.3 is 0 Å². The molecule has 0 bridgehead atoms. The standard InChI is InChI=1S/C82H145NO8/c1-3-5-7-9-11-13-15-17-19-21-23-25-27-29-31-32-33-34-35-36-37-38-39-40-41-42-43-44-46-48-50-52-54-56-58-60-62-64-66-68-70-72-78(86)83-75(74-90-82-81(89)80(88)79(87)77(73-84)91-82)76(85)71-69-67-65-63-61-59-57-55-53-51-49-47-45-30-28-26-24-22-20-18-16-14-12-10-8-6-4-2/h5,7,11,13,17,19,23,25,29,31,33-34,36-37,39-40,69,71,75-77,79-82,84-85,87-89H,3-4,6,8-10,12,14-16,18,20-22,24,26-28,30,32,35,38,41-68,70,72-74H2,1-2H3,(H,83,86)/b7-5-,13-11-,19-17-,25-23-,31-29-,34-33-,37-36-,40-39-,71-69+. The predicted molar refractivity (Wildman–Crippen MR) is 391 cm³/mol. The summed E-state index contributed by atoms with van der Waals surface area (Å²) in [6.45, 7) is 3.70. The highest BCUT2D eigenvalue weighted by atomic mass is 16.7. The Morgan fingerprint density at radius 1 is 0.385 bits per heavy atom. The third-order valence-corrected chi connectivity index (χ3v) is 17.9. The van der Waals surface area contributed by atoms with E-state index in [1.54, 1.807) is 6.08 Å². The molecule has 9 heteroatoms. The molecular weight excluding hydrogens is 1130 g/mol. The van der Waals surface area contributed by atoms with Crippen LogP contribution in [0.15, 0.2) is 109 Å². The number of carbonyl (C=O) groups is 1. The van der Waals surface area contributed by atoms with Crippen molar-refractivity contribution in [1.29, 1.82) is 0 Å². The highest BCUT2D eigenvalue weighted by Crippen LogP contribution is 2.23. The van der Waals surface area contributed by atoms with Crippen molar-refractivity contribution in [3.05, 3.63) is 109 Å². The van der Waals surface area contributed by atoms with E-state index in [1.807, 2.05) is 6.08 Å². The van der Waals surface area contributed by atoms with Crippen molar-refractivity contribution < 1.29 is 39.8 Å². The lowest BCUT2D eigenvalue weighted by Gasteiger charge is -2.40. The molecular formula is C82H145NO8. The molecule has 1 amide bonds. The van der Waals surface area contributed by atoms with Crippen LogP contribution in [0.1, 0.15) is 348 Å². The van der Waals surface area contributed by atoms with Gasteiger partial charge in [0, 0.05) is 6.42 Å². The molecule has 1 saturated heterocycles. The van der Waals surface area contributed by atoms with Gasteiger partial charge in [-0.05, 0) is 83.5 Å². The van der Waals surface area contributed by atoms with E-state index in [1.165, 1.54) is 238 Å². The van der Waals surface area contributed by atoms with Crippen molar-refractivity contribution in [2.24, 2.45) is 0 Å². The van der Waals surface area contributed by atoms with Crippen LogP contribution in [0, 0.1) is 0 Å². The summed E-state index contributed by atoms with van der Waals surface area (Å²) in [5.41, 5.74) is 0. The number of carbonyl (C=O) groups excluding carboxylic acids is 1. The molecule has 0 aromatic rings. The van der Waals surface area contributed by atoms with Gasteiger partial charge < -0.3 is 40.3 Å². The first kappa shape index (κ1) is 85.9. The van der Waals surface area contributed by atoms with Gasteiger partial charge in [-0.15, -0.1) is 0 Å². The molecule has 0 saturated carbocycles. The molecule has 7 atom stereocenters. The molecule has 0 aromatic heterocycles. The Morgan fingerprint density at radius 2 is 0.681 bits per heavy atom. The van der Waals surface area contributed by atoms with Gasteiger partial charge in [0.05, 0.1) is 25.4 Å². The predicted octanol–water partition coefficient (Wildman–Crippen LogP) is 22.0. The van der Waals surface area contributed by atoms with Gasteiger partial charge in [-0.25, -0.2) is 0 Å². The first-order chi connectivity index (χ1) is 44.8. The van der Waals surface area contributed by atoms with Crippen LogP contribution >= 0.6 is 0 Å². The fourth-order valence-corrected chi connectivity index (χ4v) is 11.9. The summed E-state index contributed by atoms with van der Waals surface area (Å²) >= 11 is 0. The SMILES string of the molecule is CC/C=C\C/C=C\C/C=C\C/C=C\C/C=C\C/C=C\C/C=C\C/C=C\CCCCCCCCCCCCCCCCCCC(=O)NC(COC1OC(CO)C(O)C(O)C1O)C(O)/C=C/CCCCCCCCCCCCCCCCCCCCCCCCCCC. The first-order valence-corrected chi connectivity index (χ1v) is 38.6. The number of ether oxygens (including phenoxy) is 2. The first-order valence-electron chi connectivity index (χ1n) is 38.6. The molecule has 0 aliphatic carbocycles. The van der Waals surface area contributed by atoms with E-state index in [0.717, 1.165) is 89.9 Å². The van der Waals surface area contributed by atoms with Crippen LogP contribution in [0.25, 0.3) is 0 Å². The van der Waals surface area contributed by atoms with Crippen LogP contribution in [0.2, 0.25) is 0 Å². The summed E-state index contributed by atoms with van der Waals surface area (Å²) in [4.78, 5) is 13.2. The highest BCUT2D eigenvalue weighted by molar-refractivity contribution is 5.76. The maximum Gasteiger partial charge on any atom is 0.220 e. The second kappa shape index (κ2) is 69.7. The molecule has 0 aromatic carbocycles. The van der Waals surface area contributed by atoms with E-state index in [4.69, 9.17) is 9.47 Å². The van der Waals surface area contributed by atoms with E-state index in [-0.39, 0.29) is 12.5 Å². The third-order valence-electron chi connectivity index (χ3n) is 17.9. The molecule has 0 spiro atoms. The van der Waals surface area contributed by atoms with Crippen LogP contribution in [0.3, 0.4) is 0 Å². The minimum Gasteiger partial charge on any atom is -0.394 e. The molecule has 7 unspecified atom stereocenters. The van der Waals surface area contributed by atoms with Crippen LogP contribution in [-0.2, 0) is 14.3 Å². The van der Waals surface area contributed by atoms with Gasteiger partial charge in [0.1, 0.15) is 24.4 Å².